The third-order valence-corrected chi connectivity index (χ3v) is 11.5. The highest BCUT2D eigenvalue weighted by atomic mass is 31.2. The topological polar surface area (TPSA) is 108 Å². The summed E-state index contributed by atoms with van der Waals surface area (Å²) < 4.78 is 23.2. The number of amides is 1. The van der Waals surface area contributed by atoms with Gasteiger partial charge in [-0.15, -0.1) is 0 Å². The number of hydrogen-bond acceptors (Lipinski definition) is 6. The van der Waals surface area contributed by atoms with E-state index in [1.54, 1.807) is 6.08 Å². The molecule has 0 aromatic rings. The van der Waals surface area contributed by atoms with Crippen molar-refractivity contribution in [2.45, 2.75) is 180 Å². The number of nitrogens with zero attached hydrogens (tertiary/aromatic N) is 1. The van der Waals surface area contributed by atoms with Crippen LogP contribution in [0.25, 0.3) is 0 Å². The predicted octanol–water partition coefficient (Wildman–Crippen LogP) is 15.1. The summed E-state index contributed by atoms with van der Waals surface area (Å²) in [6.45, 7) is 4.43. The number of phosphoric acid groups is 1. The molecule has 9 heteroatoms. The third-order valence-electron chi connectivity index (χ3n) is 10.5. The minimum Gasteiger partial charge on any atom is -0.756 e. The number of carbonyl (C=O) groups excluding carboxylic acids is 1. The number of hydrogen-bond donors (Lipinski definition) is 2. The fraction of sp³-hybridized carbons (Fsp3) is 0.576. The van der Waals surface area contributed by atoms with Crippen LogP contribution in [0.2, 0.25) is 0 Å². The summed E-state index contributed by atoms with van der Waals surface area (Å²) in [6, 6.07) is -0.937. The van der Waals surface area contributed by atoms with Crippen LogP contribution in [-0.2, 0) is 18.4 Å². The van der Waals surface area contributed by atoms with Crippen molar-refractivity contribution in [1.29, 1.82) is 0 Å². The zero-order valence-corrected chi connectivity index (χ0v) is 44.4. The van der Waals surface area contributed by atoms with E-state index in [0.717, 1.165) is 96.3 Å². The van der Waals surface area contributed by atoms with E-state index < -0.39 is 26.6 Å². The molecule has 0 aromatic heterocycles. The van der Waals surface area contributed by atoms with Crippen molar-refractivity contribution in [3.05, 3.63) is 146 Å². The van der Waals surface area contributed by atoms with Crippen LogP contribution in [-0.4, -0.2) is 68.5 Å². The number of nitrogens with one attached hydrogen (secondary N) is 1. The molecule has 0 radical (unpaired) electrons. The van der Waals surface area contributed by atoms with Crippen LogP contribution in [0.5, 0.6) is 0 Å². The quantitative estimate of drug-likeness (QED) is 0.0272. The van der Waals surface area contributed by atoms with E-state index in [4.69, 9.17) is 9.05 Å². The van der Waals surface area contributed by atoms with Crippen molar-refractivity contribution in [3.63, 3.8) is 0 Å². The number of allylic oxidation sites excluding steroid dienone is 23. The second-order valence-corrected chi connectivity index (χ2v) is 19.5. The molecule has 0 aliphatic carbocycles. The number of aliphatic hydroxyl groups excluding tert-OH is 1. The van der Waals surface area contributed by atoms with Gasteiger partial charge in [0.1, 0.15) is 13.2 Å². The Balaban J connectivity index is 4.37. The van der Waals surface area contributed by atoms with Gasteiger partial charge in [-0.2, -0.15) is 0 Å². The van der Waals surface area contributed by atoms with Crippen molar-refractivity contribution in [3.8, 4) is 0 Å². The lowest BCUT2D eigenvalue weighted by Gasteiger charge is -2.29. The second-order valence-electron chi connectivity index (χ2n) is 18.1. The Labute approximate surface area is 417 Å². The zero-order valence-electron chi connectivity index (χ0n) is 43.5. The summed E-state index contributed by atoms with van der Waals surface area (Å²) in [4.78, 5) is 25.4. The van der Waals surface area contributed by atoms with Gasteiger partial charge in [-0.25, -0.2) is 0 Å². The maximum atomic E-state index is 12.9. The number of quaternary nitrogens is 1. The Morgan fingerprint density at radius 2 is 0.912 bits per heavy atom. The predicted molar refractivity (Wildman–Crippen MR) is 292 cm³/mol. The lowest BCUT2D eigenvalue weighted by molar-refractivity contribution is -0.870. The monoisotopic (exact) mass is 961 g/mol. The van der Waals surface area contributed by atoms with Gasteiger partial charge in [-0.05, 0) is 109 Å². The highest BCUT2D eigenvalue weighted by molar-refractivity contribution is 7.45. The first-order valence-electron chi connectivity index (χ1n) is 26.2. The Morgan fingerprint density at radius 1 is 0.529 bits per heavy atom. The van der Waals surface area contributed by atoms with Crippen molar-refractivity contribution < 1.29 is 32.9 Å². The van der Waals surface area contributed by atoms with Crippen molar-refractivity contribution >= 4 is 13.7 Å². The summed E-state index contributed by atoms with van der Waals surface area (Å²) in [6.07, 6.45) is 74.9. The molecule has 0 saturated carbocycles. The van der Waals surface area contributed by atoms with Gasteiger partial charge in [0.25, 0.3) is 7.82 Å². The van der Waals surface area contributed by atoms with Gasteiger partial charge in [0.05, 0.1) is 39.9 Å². The van der Waals surface area contributed by atoms with Crippen LogP contribution in [0, 0.1) is 0 Å². The van der Waals surface area contributed by atoms with Crippen LogP contribution >= 0.6 is 7.82 Å². The first kappa shape index (κ1) is 64.4. The first-order chi connectivity index (χ1) is 33.0. The van der Waals surface area contributed by atoms with Gasteiger partial charge < -0.3 is 28.8 Å². The second kappa shape index (κ2) is 48.4. The van der Waals surface area contributed by atoms with Crippen LogP contribution in [0.1, 0.15) is 168 Å². The minimum absolute atomic E-state index is 0.0238. The van der Waals surface area contributed by atoms with E-state index in [-0.39, 0.29) is 18.9 Å². The van der Waals surface area contributed by atoms with Gasteiger partial charge in [0, 0.05) is 6.42 Å². The molecule has 0 rings (SSSR count). The SMILES string of the molecule is CC/C=C\C/C=C\C/C=C\C/C=C\C/C=C\C/C=C\C/C=C\C/C=C\C/C=C\C/C=C\CCCCC(=O)NC(COP(=O)([O-])OCC[N+](C)(C)C)C(O)/C=C/CC/C=C/CCCCCCCCC. The van der Waals surface area contributed by atoms with Crippen LogP contribution in [0.3, 0.4) is 0 Å². The molecule has 1 amide bonds. The van der Waals surface area contributed by atoms with E-state index in [1.165, 1.54) is 44.9 Å². The molecule has 3 atom stereocenters. The highest BCUT2D eigenvalue weighted by Gasteiger charge is 2.23. The molecule has 0 saturated heterocycles. The Hall–Kier alpha value is -3.62. The summed E-state index contributed by atoms with van der Waals surface area (Å²) in [5.41, 5.74) is 0. The fourth-order valence-electron chi connectivity index (χ4n) is 6.43. The Kier molecular flexibility index (Phi) is 45.8. The first-order valence-corrected chi connectivity index (χ1v) is 27.7. The molecule has 3 unspecified atom stereocenters. The van der Waals surface area contributed by atoms with Crippen molar-refractivity contribution in [2.75, 3.05) is 40.9 Å². The lowest BCUT2D eigenvalue weighted by atomic mass is 10.1. The molecule has 68 heavy (non-hydrogen) atoms. The van der Waals surface area contributed by atoms with Crippen molar-refractivity contribution in [2.24, 2.45) is 0 Å². The normalized spacial score (nSPS) is 15.2. The molecule has 0 aliphatic rings. The molecular weight excluding hydrogens is 864 g/mol. The molecule has 0 fully saturated rings. The molecule has 0 aromatic carbocycles. The van der Waals surface area contributed by atoms with Crippen molar-refractivity contribution in [1.82, 2.24) is 5.32 Å². The van der Waals surface area contributed by atoms with Crippen LogP contribution in [0.4, 0.5) is 0 Å². The summed E-state index contributed by atoms with van der Waals surface area (Å²) in [5, 5.41) is 13.7. The Bertz CT molecular complexity index is 1610. The average Bonchev–Trinajstić information content (AvgIpc) is 3.30. The average molecular weight is 961 g/mol. The molecule has 0 bridgehead atoms. The number of aliphatic hydroxyl groups is 1. The van der Waals surface area contributed by atoms with Crippen LogP contribution in [0.15, 0.2) is 146 Å². The standard InChI is InChI=1S/C59H97N2O6P/c1-6-8-10-12-14-16-18-20-21-22-23-24-25-26-27-28-29-30-31-32-33-34-35-36-37-38-39-41-43-45-47-49-51-53-59(63)60-57(56-67-68(64,65)66-55-54-61(3,4)5)58(62)52-50-48-46-44-42-40-19-17-15-13-11-9-7-2/h8,10,14,16,20-21,23-24,26-27,29-30,32-33,35-36,38-39,42-45,50,52,57-58,62H,6-7,9,11-13,15,17-19,22,25,28,31,34,37,40-41,46-49,51,53-56H2,1-5H3,(H-,60,63,64,65)/b10-8-,16-14-,21-20-,24-23-,27-26-,30-29-,33-32-,36-35-,39-38-,44-42+,45-43-,52-50+. The molecule has 2 N–H and O–H groups in total. The van der Waals surface area contributed by atoms with E-state index in [0.29, 0.717) is 17.4 Å². The van der Waals surface area contributed by atoms with Crippen LogP contribution < -0.4 is 10.2 Å². The molecule has 384 valence electrons. The molecule has 8 nitrogen and oxygen atoms in total. The largest absolute Gasteiger partial charge is 0.756 e. The third kappa shape index (κ3) is 50.3. The number of likely N-dealkylation sites (N-methyl/N-ethyl adjacent to an activating group) is 1. The molecule has 0 spiro atoms. The minimum atomic E-state index is -4.62. The highest BCUT2D eigenvalue weighted by Crippen LogP contribution is 2.38. The maximum Gasteiger partial charge on any atom is 0.268 e. The van der Waals surface area contributed by atoms with Gasteiger partial charge in [0.15, 0.2) is 0 Å². The van der Waals surface area contributed by atoms with Gasteiger partial charge in [-0.1, -0.05) is 198 Å². The number of rotatable bonds is 45. The molecule has 0 aliphatic heterocycles. The van der Waals surface area contributed by atoms with Gasteiger partial charge in [0.2, 0.25) is 5.91 Å². The fourth-order valence-corrected chi connectivity index (χ4v) is 7.15. The van der Waals surface area contributed by atoms with E-state index in [1.807, 2.05) is 27.2 Å². The molecule has 0 heterocycles. The lowest BCUT2D eigenvalue weighted by Crippen LogP contribution is -2.45. The van der Waals surface area contributed by atoms with Gasteiger partial charge >= 0.3 is 0 Å². The maximum absolute atomic E-state index is 12.9. The zero-order chi connectivity index (χ0) is 49.9. The van der Waals surface area contributed by atoms with Gasteiger partial charge in [-0.3, -0.25) is 9.36 Å². The van der Waals surface area contributed by atoms with E-state index >= 15 is 0 Å². The number of carbonyl (C=O) groups is 1. The summed E-state index contributed by atoms with van der Waals surface area (Å²) in [7, 11) is 1.19. The summed E-state index contributed by atoms with van der Waals surface area (Å²) in [5.74, 6) is -0.258. The smallest absolute Gasteiger partial charge is 0.268 e. The number of unbranched alkanes of at least 4 members (excludes halogenated alkanes) is 10. The summed E-state index contributed by atoms with van der Waals surface area (Å²) >= 11 is 0. The molecular formula is C59H97N2O6P. The number of phosphoric ester groups is 1. The van der Waals surface area contributed by atoms with E-state index in [2.05, 4.69) is 153 Å². The van der Waals surface area contributed by atoms with E-state index in [9.17, 15) is 19.4 Å². The Morgan fingerprint density at radius 3 is 1.37 bits per heavy atom.